The summed E-state index contributed by atoms with van der Waals surface area (Å²) >= 11 is 1.20. The summed E-state index contributed by atoms with van der Waals surface area (Å²) in [6.07, 6.45) is -1.50. The van der Waals surface area contributed by atoms with Crippen LogP contribution in [0.1, 0.15) is 34.5 Å². The molecule has 2 fully saturated rings. The number of nitrogens with one attached hydrogen (secondary N) is 1. The van der Waals surface area contributed by atoms with Gasteiger partial charge in [-0.2, -0.15) is 0 Å². The van der Waals surface area contributed by atoms with Gasteiger partial charge in [0.05, 0.1) is 18.2 Å². The zero-order chi connectivity index (χ0) is 20.3. The van der Waals surface area contributed by atoms with E-state index in [9.17, 15) is 25.2 Å². The van der Waals surface area contributed by atoms with Crippen LogP contribution in [0.3, 0.4) is 0 Å². The first-order valence-corrected chi connectivity index (χ1v) is 10.9. The molecule has 29 heavy (non-hydrogen) atoms. The van der Waals surface area contributed by atoms with Crippen LogP contribution in [-0.2, 0) is 9.53 Å². The molecule has 0 aliphatic carbocycles. The first-order valence-electron chi connectivity index (χ1n) is 9.62. The normalized spacial score (nSPS) is 37.2. The first-order chi connectivity index (χ1) is 12.7. The standard InChI is InChI=1S/C18H34N2O6S.ClH.H2O/c1-5-6-10-7-11(20(3)8-10)17(25)19-12(9(2)21)16-14(23)13(22)15(24)18(26-16)27-4;;/h9-16,18,21-24H,5-8H2,1-4H3,(H,19,25);1H;1H2/t9-,10-,11+,12-,13+,14-,15-,16-,18-;;/m1../s1. The van der Waals surface area contributed by atoms with Crippen LogP contribution in [0.15, 0.2) is 0 Å². The van der Waals surface area contributed by atoms with Gasteiger partial charge in [0, 0.05) is 6.54 Å². The van der Waals surface area contributed by atoms with E-state index in [4.69, 9.17) is 4.74 Å². The number of thioether (sulfide) groups is 1. The molecule has 0 saturated carbocycles. The zero-order valence-corrected chi connectivity index (χ0v) is 18.9. The van der Waals surface area contributed by atoms with Gasteiger partial charge in [-0.3, -0.25) is 9.69 Å². The third-order valence-corrected chi connectivity index (χ3v) is 6.51. The molecule has 2 saturated heterocycles. The van der Waals surface area contributed by atoms with Crippen LogP contribution in [0.2, 0.25) is 0 Å². The van der Waals surface area contributed by atoms with E-state index in [0.717, 1.165) is 25.8 Å². The molecule has 0 bridgehead atoms. The number of ether oxygens (including phenoxy) is 1. The molecule has 2 heterocycles. The highest BCUT2D eigenvalue weighted by molar-refractivity contribution is 7.99. The smallest absolute Gasteiger partial charge is 1.00 e. The minimum absolute atomic E-state index is 0. The average molecular weight is 461 g/mol. The van der Waals surface area contributed by atoms with Crippen LogP contribution >= 0.6 is 11.8 Å². The number of likely N-dealkylation sites (N-methyl/N-ethyl adjacent to an activating group) is 1. The van der Waals surface area contributed by atoms with Gasteiger partial charge in [0.1, 0.15) is 29.9 Å². The van der Waals surface area contributed by atoms with Crippen molar-refractivity contribution < 1.29 is 49.3 Å². The van der Waals surface area contributed by atoms with E-state index in [0.29, 0.717) is 5.92 Å². The maximum absolute atomic E-state index is 12.8. The van der Waals surface area contributed by atoms with Crippen LogP contribution in [0.4, 0.5) is 0 Å². The number of hydrogen-bond acceptors (Lipinski definition) is 8. The Labute approximate surface area is 184 Å². The molecule has 0 unspecified atom stereocenters. The van der Waals surface area contributed by atoms with Crippen molar-refractivity contribution in [3.05, 3.63) is 0 Å². The van der Waals surface area contributed by atoms with Crippen molar-refractivity contribution in [3.8, 4) is 0 Å². The molecule has 0 radical (unpaired) electrons. The third-order valence-electron chi connectivity index (χ3n) is 5.66. The van der Waals surface area contributed by atoms with Crippen LogP contribution in [-0.4, -0.2) is 105 Å². The Hall–Kier alpha value is -0.170. The van der Waals surface area contributed by atoms with Crippen molar-refractivity contribution in [3.63, 3.8) is 0 Å². The topological polar surface area (TPSA) is 154 Å². The molecule has 0 aromatic carbocycles. The van der Waals surface area contributed by atoms with Gasteiger partial charge in [-0.05, 0) is 39.0 Å². The number of hydrogen-bond donors (Lipinski definition) is 5. The summed E-state index contributed by atoms with van der Waals surface area (Å²) in [5.41, 5.74) is -0.755. The number of halogens is 1. The van der Waals surface area contributed by atoms with Gasteiger partial charge in [0.25, 0.3) is 0 Å². The molecule has 0 aromatic rings. The number of aliphatic hydroxyl groups excluding tert-OH is 4. The Morgan fingerprint density at radius 3 is 2.45 bits per heavy atom. The largest absolute Gasteiger partial charge is 1.00 e. The van der Waals surface area contributed by atoms with Crippen LogP contribution in [0.25, 0.3) is 0 Å². The highest BCUT2D eigenvalue weighted by Gasteiger charge is 2.48. The van der Waals surface area contributed by atoms with E-state index < -0.39 is 42.0 Å². The Morgan fingerprint density at radius 2 is 1.93 bits per heavy atom. The predicted octanol–water partition coefficient (Wildman–Crippen LogP) is -4.57. The lowest BCUT2D eigenvalue weighted by molar-refractivity contribution is -0.211. The van der Waals surface area contributed by atoms with E-state index in [1.54, 1.807) is 6.26 Å². The van der Waals surface area contributed by atoms with Gasteiger partial charge in [-0.15, -0.1) is 11.8 Å². The summed E-state index contributed by atoms with van der Waals surface area (Å²) < 4.78 is 5.72. The molecule has 2 aliphatic heterocycles. The molecular weight excluding hydrogens is 424 g/mol. The molecule has 11 heteroatoms. The van der Waals surface area contributed by atoms with Gasteiger partial charge >= 0.3 is 1.43 Å². The number of rotatable bonds is 7. The molecule has 9 atom stereocenters. The Morgan fingerprint density at radius 1 is 1.31 bits per heavy atom. The molecule has 1 amide bonds. The SMILES string of the molecule is CCC[C@@H]1C[C@@H](C(=O)N[C@@H]([C@H]2O[C@H](SC)[C@H](O)[C@@H](O)[C@H]2O)[C@@H](C)O)N(C)C1.O.[Cl-].[H+]. The molecule has 0 spiro atoms. The molecule has 0 aromatic heterocycles. The summed E-state index contributed by atoms with van der Waals surface area (Å²) in [6, 6.07) is -1.20. The maximum Gasteiger partial charge on any atom is 1.00 e. The van der Waals surface area contributed by atoms with Gasteiger partial charge in [-0.25, -0.2) is 0 Å². The van der Waals surface area contributed by atoms with Crippen molar-refractivity contribution in [1.29, 1.82) is 0 Å². The fraction of sp³-hybridized carbons (Fsp3) is 0.944. The van der Waals surface area contributed by atoms with Crippen LogP contribution in [0.5, 0.6) is 0 Å². The van der Waals surface area contributed by atoms with Crippen molar-refractivity contribution in [2.24, 2.45) is 5.92 Å². The van der Waals surface area contributed by atoms with E-state index in [2.05, 4.69) is 12.2 Å². The molecule has 174 valence electrons. The molecule has 9 nitrogen and oxygen atoms in total. The second-order valence-corrected chi connectivity index (χ2v) is 8.73. The summed E-state index contributed by atoms with van der Waals surface area (Å²) in [6.45, 7) is 4.48. The number of amides is 1. The monoisotopic (exact) mass is 460 g/mol. The molecule has 2 rings (SSSR count). The van der Waals surface area contributed by atoms with Crippen molar-refractivity contribution >= 4 is 17.7 Å². The fourth-order valence-electron chi connectivity index (χ4n) is 4.13. The highest BCUT2D eigenvalue weighted by Crippen LogP contribution is 2.30. The van der Waals surface area contributed by atoms with E-state index in [1.165, 1.54) is 18.7 Å². The molecular formula is C18H37ClN2O7S. The number of aliphatic hydroxyl groups is 4. The van der Waals surface area contributed by atoms with Gasteiger partial charge in [0.15, 0.2) is 0 Å². The van der Waals surface area contributed by atoms with Crippen molar-refractivity contribution in [1.82, 2.24) is 10.2 Å². The second kappa shape index (κ2) is 12.6. The Bertz CT molecular complexity index is 509. The summed E-state index contributed by atoms with van der Waals surface area (Å²) in [7, 11) is 1.91. The predicted molar refractivity (Wildman–Crippen MR) is 108 cm³/mol. The zero-order valence-electron chi connectivity index (χ0n) is 18.4. The van der Waals surface area contributed by atoms with Gasteiger partial charge < -0.3 is 48.4 Å². The summed E-state index contributed by atoms with van der Waals surface area (Å²) in [4.78, 5) is 14.9. The molecule has 2 aliphatic rings. The summed E-state index contributed by atoms with van der Waals surface area (Å²) in [5, 5.41) is 43.5. The minimum Gasteiger partial charge on any atom is -1.00 e. The quantitative estimate of drug-likeness (QED) is 0.254. The third kappa shape index (κ3) is 6.65. The lowest BCUT2D eigenvalue weighted by Gasteiger charge is -2.44. The second-order valence-electron chi connectivity index (χ2n) is 7.80. The van der Waals surface area contributed by atoms with Gasteiger partial charge in [-0.1, -0.05) is 13.3 Å². The van der Waals surface area contributed by atoms with Crippen LogP contribution in [0, 0.1) is 5.92 Å². The summed E-state index contributed by atoms with van der Waals surface area (Å²) in [5.74, 6) is 0.245. The Kier molecular flexibility index (Phi) is 12.6. The van der Waals surface area contributed by atoms with E-state index in [-0.39, 0.29) is 31.3 Å². The molecule has 7 N–H and O–H groups in total. The van der Waals surface area contributed by atoms with Gasteiger partial charge in [0.2, 0.25) is 5.91 Å². The number of carbonyl (C=O) groups is 1. The highest BCUT2D eigenvalue weighted by atomic mass is 35.5. The number of carbonyl (C=O) groups excluding carboxylic acids is 1. The average Bonchev–Trinajstić information content (AvgIpc) is 2.99. The van der Waals surface area contributed by atoms with E-state index in [1.807, 2.05) is 11.9 Å². The lowest BCUT2D eigenvalue weighted by Crippen LogP contribution is -3.00. The minimum atomic E-state index is -1.42. The Balaban J connectivity index is 0. The first kappa shape index (κ1) is 28.8. The van der Waals surface area contributed by atoms with Crippen molar-refractivity contribution in [2.45, 2.75) is 81.1 Å². The number of likely N-dealkylation sites (tertiary alicyclic amines) is 1. The van der Waals surface area contributed by atoms with Crippen LogP contribution < -0.4 is 17.7 Å². The number of nitrogens with zero attached hydrogens (tertiary/aromatic N) is 1. The lowest BCUT2D eigenvalue weighted by atomic mass is 9.92. The fourth-order valence-corrected chi connectivity index (χ4v) is 4.81. The van der Waals surface area contributed by atoms with Crippen molar-refractivity contribution in [2.75, 3.05) is 19.8 Å². The maximum atomic E-state index is 12.8. The van der Waals surface area contributed by atoms with E-state index >= 15 is 0 Å².